The molecule has 0 spiro atoms. The van der Waals surface area contributed by atoms with E-state index in [1.807, 2.05) is 11.8 Å². The Morgan fingerprint density at radius 1 is 1.40 bits per heavy atom. The monoisotopic (exact) mass is 230 g/mol. The SMILES string of the molecule is CN1CCCCC1CCSCC(C)(C)N. The standard InChI is InChI=1S/C12H26N2S/c1-12(2,13)10-15-9-7-11-6-4-5-8-14(11)3/h11H,4-10,13H2,1-3H3. The molecule has 0 radical (unpaired) electrons. The number of thioether (sulfide) groups is 1. The zero-order chi connectivity index (χ0) is 11.3. The molecule has 0 aromatic rings. The Labute approximate surface area is 99.0 Å². The Bertz CT molecular complexity index is 177. The lowest BCUT2D eigenvalue weighted by Crippen LogP contribution is -2.37. The molecule has 0 bridgehead atoms. The number of hydrogen-bond acceptors (Lipinski definition) is 3. The molecule has 1 atom stereocenters. The van der Waals surface area contributed by atoms with Crippen molar-refractivity contribution in [1.82, 2.24) is 4.90 Å². The Hall–Kier alpha value is 0.270. The first-order chi connectivity index (χ1) is 6.99. The second kappa shape index (κ2) is 6.12. The van der Waals surface area contributed by atoms with Crippen LogP contribution in [0.5, 0.6) is 0 Å². The van der Waals surface area contributed by atoms with E-state index in [2.05, 4.69) is 25.8 Å². The van der Waals surface area contributed by atoms with Gasteiger partial charge in [-0.05, 0) is 52.5 Å². The molecule has 1 aliphatic heterocycles. The molecule has 0 aromatic carbocycles. The van der Waals surface area contributed by atoms with Gasteiger partial charge in [-0.25, -0.2) is 0 Å². The van der Waals surface area contributed by atoms with Crippen molar-refractivity contribution in [3.8, 4) is 0 Å². The van der Waals surface area contributed by atoms with E-state index in [0.29, 0.717) is 0 Å². The molecule has 1 unspecified atom stereocenters. The van der Waals surface area contributed by atoms with Crippen LogP contribution in [0.2, 0.25) is 0 Å². The summed E-state index contributed by atoms with van der Waals surface area (Å²) in [5.74, 6) is 2.33. The first-order valence-electron chi connectivity index (χ1n) is 6.06. The van der Waals surface area contributed by atoms with E-state index in [-0.39, 0.29) is 5.54 Å². The third-order valence-electron chi connectivity index (χ3n) is 2.99. The van der Waals surface area contributed by atoms with Gasteiger partial charge in [-0.3, -0.25) is 0 Å². The Morgan fingerprint density at radius 3 is 2.73 bits per heavy atom. The van der Waals surface area contributed by atoms with Crippen LogP contribution in [-0.2, 0) is 0 Å². The minimum Gasteiger partial charge on any atom is -0.325 e. The van der Waals surface area contributed by atoms with Crippen molar-refractivity contribution in [2.45, 2.75) is 51.1 Å². The third kappa shape index (κ3) is 5.79. The topological polar surface area (TPSA) is 29.3 Å². The van der Waals surface area contributed by atoms with E-state index in [9.17, 15) is 0 Å². The summed E-state index contributed by atoms with van der Waals surface area (Å²) in [6.45, 7) is 5.50. The molecule has 0 amide bonds. The van der Waals surface area contributed by atoms with E-state index in [1.54, 1.807) is 0 Å². The van der Waals surface area contributed by atoms with Gasteiger partial charge >= 0.3 is 0 Å². The Balaban J connectivity index is 2.08. The highest BCUT2D eigenvalue weighted by molar-refractivity contribution is 7.99. The molecule has 0 aliphatic carbocycles. The van der Waals surface area contributed by atoms with E-state index in [4.69, 9.17) is 5.73 Å². The molecule has 1 fully saturated rings. The molecule has 2 nitrogen and oxygen atoms in total. The lowest BCUT2D eigenvalue weighted by molar-refractivity contribution is 0.182. The van der Waals surface area contributed by atoms with Crippen molar-refractivity contribution in [3.05, 3.63) is 0 Å². The number of hydrogen-bond donors (Lipinski definition) is 1. The van der Waals surface area contributed by atoms with Crippen LogP contribution in [0.25, 0.3) is 0 Å². The first kappa shape index (κ1) is 13.3. The summed E-state index contributed by atoms with van der Waals surface area (Å²) >= 11 is 2.00. The number of nitrogens with zero attached hydrogens (tertiary/aromatic N) is 1. The molecule has 1 rings (SSSR count). The van der Waals surface area contributed by atoms with Gasteiger partial charge < -0.3 is 10.6 Å². The van der Waals surface area contributed by atoms with Crippen LogP contribution in [0.1, 0.15) is 39.5 Å². The summed E-state index contributed by atoms with van der Waals surface area (Å²) in [6, 6.07) is 0.826. The molecule has 90 valence electrons. The Kier molecular flexibility index (Phi) is 5.44. The summed E-state index contributed by atoms with van der Waals surface area (Å²) in [4.78, 5) is 2.53. The van der Waals surface area contributed by atoms with Gasteiger partial charge in [0.25, 0.3) is 0 Å². The smallest absolute Gasteiger partial charge is 0.0188 e. The molecule has 3 heteroatoms. The van der Waals surface area contributed by atoms with Crippen LogP contribution in [0.3, 0.4) is 0 Å². The molecule has 1 heterocycles. The average molecular weight is 230 g/mol. The Morgan fingerprint density at radius 2 is 2.13 bits per heavy atom. The molecule has 15 heavy (non-hydrogen) atoms. The van der Waals surface area contributed by atoms with Crippen molar-refractivity contribution in [3.63, 3.8) is 0 Å². The number of piperidine rings is 1. The van der Waals surface area contributed by atoms with Gasteiger partial charge in [0.05, 0.1) is 0 Å². The quantitative estimate of drug-likeness (QED) is 0.735. The second-order valence-electron chi connectivity index (χ2n) is 5.46. The van der Waals surface area contributed by atoms with Gasteiger partial charge in [0.1, 0.15) is 0 Å². The van der Waals surface area contributed by atoms with E-state index < -0.39 is 0 Å². The summed E-state index contributed by atoms with van der Waals surface area (Å²) in [7, 11) is 2.27. The number of nitrogens with two attached hydrogens (primary N) is 1. The van der Waals surface area contributed by atoms with Crippen molar-refractivity contribution in [2.75, 3.05) is 25.1 Å². The van der Waals surface area contributed by atoms with Gasteiger partial charge in [0, 0.05) is 17.3 Å². The molecule has 1 saturated heterocycles. The zero-order valence-electron chi connectivity index (χ0n) is 10.5. The van der Waals surface area contributed by atoms with E-state index >= 15 is 0 Å². The lowest BCUT2D eigenvalue weighted by atomic mass is 10.0. The van der Waals surface area contributed by atoms with E-state index in [1.165, 1.54) is 38.0 Å². The van der Waals surface area contributed by atoms with Crippen molar-refractivity contribution >= 4 is 11.8 Å². The van der Waals surface area contributed by atoms with Gasteiger partial charge in [-0.2, -0.15) is 11.8 Å². The molecular formula is C12H26N2S. The normalized spacial score (nSPS) is 24.4. The maximum Gasteiger partial charge on any atom is 0.0188 e. The number of rotatable bonds is 5. The minimum absolute atomic E-state index is 0.0108. The summed E-state index contributed by atoms with van der Waals surface area (Å²) in [6.07, 6.45) is 5.53. The predicted octanol–water partition coefficient (Wildman–Crippen LogP) is 2.33. The molecule has 2 N–H and O–H groups in total. The van der Waals surface area contributed by atoms with Crippen LogP contribution in [0.15, 0.2) is 0 Å². The average Bonchev–Trinajstić information content (AvgIpc) is 2.13. The molecule has 0 saturated carbocycles. The maximum absolute atomic E-state index is 5.95. The van der Waals surface area contributed by atoms with E-state index in [0.717, 1.165) is 11.8 Å². The van der Waals surface area contributed by atoms with Crippen molar-refractivity contribution in [2.24, 2.45) is 5.73 Å². The minimum atomic E-state index is -0.0108. The van der Waals surface area contributed by atoms with Crippen LogP contribution in [-0.4, -0.2) is 41.6 Å². The summed E-state index contributed by atoms with van der Waals surface area (Å²) in [5, 5.41) is 0. The van der Waals surface area contributed by atoms with Gasteiger partial charge in [-0.15, -0.1) is 0 Å². The van der Waals surface area contributed by atoms with Crippen molar-refractivity contribution in [1.29, 1.82) is 0 Å². The highest BCUT2D eigenvalue weighted by atomic mass is 32.2. The van der Waals surface area contributed by atoms with Crippen molar-refractivity contribution < 1.29 is 0 Å². The fourth-order valence-corrected chi connectivity index (χ4v) is 3.17. The first-order valence-corrected chi connectivity index (χ1v) is 7.21. The van der Waals surface area contributed by atoms with Crippen LogP contribution >= 0.6 is 11.8 Å². The van der Waals surface area contributed by atoms with Gasteiger partial charge in [0.15, 0.2) is 0 Å². The van der Waals surface area contributed by atoms with Gasteiger partial charge in [-0.1, -0.05) is 6.42 Å². The number of likely N-dealkylation sites (tertiary alicyclic amines) is 1. The molecule has 1 aliphatic rings. The van der Waals surface area contributed by atoms with Gasteiger partial charge in [0.2, 0.25) is 0 Å². The fourth-order valence-electron chi connectivity index (χ4n) is 2.06. The third-order valence-corrected chi connectivity index (χ3v) is 4.46. The van der Waals surface area contributed by atoms with Crippen LogP contribution in [0.4, 0.5) is 0 Å². The summed E-state index contributed by atoms with van der Waals surface area (Å²) < 4.78 is 0. The highest BCUT2D eigenvalue weighted by Crippen LogP contribution is 2.20. The maximum atomic E-state index is 5.95. The van der Waals surface area contributed by atoms with Crippen LogP contribution in [0, 0.1) is 0 Å². The molecular weight excluding hydrogens is 204 g/mol. The predicted molar refractivity (Wildman–Crippen MR) is 70.5 cm³/mol. The largest absolute Gasteiger partial charge is 0.325 e. The molecule has 0 aromatic heterocycles. The second-order valence-corrected chi connectivity index (χ2v) is 6.57. The highest BCUT2D eigenvalue weighted by Gasteiger charge is 2.18. The summed E-state index contributed by atoms with van der Waals surface area (Å²) in [5.41, 5.74) is 5.94. The zero-order valence-corrected chi connectivity index (χ0v) is 11.3. The van der Waals surface area contributed by atoms with Crippen LogP contribution < -0.4 is 5.73 Å². The lowest BCUT2D eigenvalue weighted by Gasteiger charge is -2.32. The fraction of sp³-hybridized carbons (Fsp3) is 1.00.